The number of carbonyl (C=O) groups is 1. The van der Waals surface area contributed by atoms with E-state index in [4.69, 9.17) is 5.73 Å². The lowest BCUT2D eigenvalue weighted by molar-refractivity contribution is 0.0624. The summed E-state index contributed by atoms with van der Waals surface area (Å²) >= 11 is 0. The zero-order valence-corrected chi connectivity index (χ0v) is 12.4. The summed E-state index contributed by atoms with van der Waals surface area (Å²) in [5, 5.41) is 7.05. The molecule has 1 amide bonds. The van der Waals surface area contributed by atoms with Crippen LogP contribution in [0.3, 0.4) is 0 Å². The fourth-order valence-corrected chi connectivity index (χ4v) is 2.13. The number of nitrogens with one attached hydrogen (secondary N) is 1. The van der Waals surface area contributed by atoms with Gasteiger partial charge in [0.1, 0.15) is 0 Å². The molecule has 1 aromatic heterocycles. The number of nitrogen functional groups attached to an aromatic ring is 1. The number of nitrogens with zero attached hydrogens (tertiary/aromatic N) is 2. The molecular weight excluding hydrogens is 240 g/mol. The summed E-state index contributed by atoms with van der Waals surface area (Å²) in [6.07, 6.45) is 2.27. The van der Waals surface area contributed by atoms with Gasteiger partial charge in [0, 0.05) is 19.0 Å². The van der Waals surface area contributed by atoms with Gasteiger partial charge in [-0.05, 0) is 25.2 Å². The lowest BCUT2D eigenvalue weighted by Crippen LogP contribution is -2.43. The van der Waals surface area contributed by atoms with Gasteiger partial charge in [0.25, 0.3) is 5.91 Å². The SMILES string of the molecule is CC(N(C)C(=O)c1n[nH]c(C2CC2)c1N)C(C)(C)C. The molecule has 0 aliphatic heterocycles. The maximum atomic E-state index is 12.5. The van der Waals surface area contributed by atoms with Gasteiger partial charge in [-0.1, -0.05) is 20.8 Å². The normalized spacial score (nSPS) is 17.3. The zero-order valence-electron chi connectivity index (χ0n) is 12.4. The minimum atomic E-state index is -0.108. The second-order valence-electron chi connectivity index (χ2n) is 6.63. The summed E-state index contributed by atoms with van der Waals surface area (Å²) in [7, 11) is 1.81. The van der Waals surface area contributed by atoms with Crippen LogP contribution >= 0.6 is 0 Å². The molecule has 5 nitrogen and oxygen atoms in total. The van der Waals surface area contributed by atoms with Crippen molar-refractivity contribution in [1.29, 1.82) is 0 Å². The highest BCUT2D eigenvalue weighted by molar-refractivity contribution is 5.97. The molecule has 0 saturated heterocycles. The van der Waals surface area contributed by atoms with E-state index >= 15 is 0 Å². The highest BCUT2D eigenvalue weighted by Crippen LogP contribution is 2.42. The highest BCUT2D eigenvalue weighted by Gasteiger charge is 2.33. The average Bonchev–Trinajstić information content (AvgIpc) is 3.09. The first-order valence-corrected chi connectivity index (χ1v) is 6.84. The van der Waals surface area contributed by atoms with E-state index in [9.17, 15) is 4.79 Å². The van der Waals surface area contributed by atoms with E-state index in [0.29, 0.717) is 17.3 Å². The molecule has 2 rings (SSSR count). The molecule has 1 atom stereocenters. The van der Waals surface area contributed by atoms with E-state index in [2.05, 4.69) is 31.0 Å². The van der Waals surface area contributed by atoms with E-state index < -0.39 is 0 Å². The lowest BCUT2D eigenvalue weighted by Gasteiger charge is -2.35. The van der Waals surface area contributed by atoms with Crippen molar-refractivity contribution in [1.82, 2.24) is 15.1 Å². The highest BCUT2D eigenvalue weighted by atomic mass is 16.2. The van der Waals surface area contributed by atoms with Gasteiger partial charge >= 0.3 is 0 Å². The minimum absolute atomic E-state index is 0.0226. The molecule has 3 N–H and O–H groups in total. The van der Waals surface area contributed by atoms with Gasteiger partial charge in [0.05, 0.1) is 11.4 Å². The van der Waals surface area contributed by atoms with Crippen LogP contribution in [0.5, 0.6) is 0 Å². The largest absolute Gasteiger partial charge is 0.395 e. The topological polar surface area (TPSA) is 75.0 Å². The molecule has 0 bridgehead atoms. The van der Waals surface area contributed by atoms with Crippen LogP contribution in [0.4, 0.5) is 5.69 Å². The summed E-state index contributed by atoms with van der Waals surface area (Å²) in [6, 6.07) is 0.112. The molecule has 0 radical (unpaired) electrons. The van der Waals surface area contributed by atoms with Crippen LogP contribution < -0.4 is 5.73 Å². The lowest BCUT2D eigenvalue weighted by atomic mass is 9.87. The molecule has 1 aliphatic rings. The minimum Gasteiger partial charge on any atom is -0.395 e. The number of carbonyl (C=O) groups excluding carboxylic acids is 1. The van der Waals surface area contributed by atoms with Gasteiger partial charge < -0.3 is 10.6 Å². The molecule has 19 heavy (non-hydrogen) atoms. The third-order valence-electron chi connectivity index (χ3n) is 4.18. The predicted octanol–water partition coefficient (Wildman–Crippen LogP) is 2.38. The number of amides is 1. The molecule has 0 aromatic carbocycles. The van der Waals surface area contributed by atoms with Crippen molar-refractivity contribution in [3.63, 3.8) is 0 Å². The van der Waals surface area contributed by atoms with Crippen LogP contribution in [0.15, 0.2) is 0 Å². The first kappa shape index (κ1) is 13.9. The number of anilines is 1. The Bertz CT molecular complexity index is 482. The van der Waals surface area contributed by atoms with Crippen molar-refractivity contribution >= 4 is 11.6 Å². The molecule has 1 heterocycles. The summed E-state index contributed by atoms with van der Waals surface area (Å²) in [5.41, 5.74) is 7.89. The number of hydrogen-bond acceptors (Lipinski definition) is 3. The van der Waals surface area contributed by atoms with Crippen LogP contribution in [-0.4, -0.2) is 34.1 Å². The summed E-state index contributed by atoms with van der Waals surface area (Å²) in [6.45, 7) is 8.39. The van der Waals surface area contributed by atoms with Crippen molar-refractivity contribution in [2.24, 2.45) is 5.41 Å². The summed E-state index contributed by atoms with van der Waals surface area (Å²) in [5.74, 6) is 0.363. The number of rotatable bonds is 3. The molecule has 1 aliphatic carbocycles. The van der Waals surface area contributed by atoms with Crippen LogP contribution in [0, 0.1) is 5.41 Å². The maximum Gasteiger partial charge on any atom is 0.276 e. The standard InChI is InChI=1S/C14H24N4O/c1-8(14(2,3)4)18(5)13(19)12-10(15)11(16-17-12)9-6-7-9/h8-9H,6-7,15H2,1-5H3,(H,16,17). The van der Waals surface area contributed by atoms with Crippen molar-refractivity contribution in [3.05, 3.63) is 11.4 Å². The predicted molar refractivity (Wildman–Crippen MR) is 76.0 cm³/mol. The van der Waals surface area contributed by atoms with Crippen LogP contribution in [-0.2, 0) is 0 Å². The first-order chi connectivity index (χ1) is 8.73. The Morgan fingerprint density at radius 2 is 2.05 bits per heavy atom. The van der Waals surface area contributed by atoms with E-state index in [1.165, 1.54) is 0 Å². The Morgan fingerprint density at radius 1 is 1.47 bits per heavy atom. The van der Waals surface area contributed by atoms with Crippen LogP contribution in [0.1, 0.15) is 62.6 Å². The van der Waals surface area contributed by atoms with Crippen molar-refractivity contribution in [2.45, 2.75) is 52.5 Å². The van der Waals surface area contributed by atoms with Gasteiger partial charge in [-0.25, -0.2) is 0 Å². The quantitative estimate of drug-likeness (QED) is 0.880. The molecule has 106 valence electrons. The van der Waals surface area contributed by atoms with E-state index in [-0.39, 0.29) is 17.4 Å². The smallest absolute Gasteiger partial charge is 0.276 e. The van der Waals surface area contributed by atoms with Gasteiger partial charge in [-0.3, -0.25) is 9.89 Å². The Hall–Kier alpha value is -1.52. The Labute approximate surface area is 114 Å². The monoisotopic (exact) mass is 264 g/mol. The molecule has 5 heteroatoms. The third-order valence-corrected chi connectivity index (χ3v) is 4.18. The number of aromatic amines is 1. The van der Waals surface area contributed by atoms with Gasteiger partial charge in [0.2, 0.25) is 0 Å². The van der Waals surface area contributed by atoms with E-state index in [1.54, 1.807) is 4.90 Å². The Balaban J connectivity index is 2.19. The van der Waals surface area contributed by atoms with Gasteiger partial charge in [0.15, 0.2) is 5.69 Å². The molecule has 1 saturated carbocycles. The Kier molecular flexibility index (Phi) is 3.32. The van der Waals surface area contributed by atoms with E-state index in [1.807, 2.05) is 14.0 Å². The Morgan fingerprint density at radius 3 is 2.53 bits per heavy atom. The fraction of sp³-hybridized carbons (Fsp3) is 0.714. The summed E-state index contributed by atoms with van der Waals surface area (Å²) in [4.78, 5) is 14.2. The average molecular weight is 264 g/mol. The van der Waals surface area contributed by atoms with E-state index in [0.717, 1.165) is 18.5 Å². The third kappa shape index (κ3) is 2.60. The number of aromatic nitrogens is 2. The van der Waals surface area contributed by atoms with Crippen LogP contribution in [0.2, 0.25) is 0 Å². The summed E-state index contributed by atoms with van der Waals surface area (Å²) < 4.78 is 0. The maximum absolute atomic E-state index is 12.5. The molecular formula is C14H24N4O. The molecule has 1 aromatic rings. The second kappa shape index (κ2) is 4.54. The molecule has 0 spiro atoms. The zero-order chi connectivity index (χ0) is 14.4. The number of H-pyrrole nitrogens is 1. The van der Waals surface area contributed by atoms with Crippen LogP contribution in [0.25, 0.3) is 0 Å². The van der Waals surface area contributed by atoms with Crippen molar-refractivity contribution < 1.29 is 4.79 Å². The van der Waals surface area contributed by atoms with Gasteiger partial charge in [-0.2, -0.15) is 5.10 Å². The first-order valence-electron chi connectivity index (χ1n) is 6.84. The molecule has 1 unspecified atom stereocenters. The molecule has 1 fully saturated rings. The number of nitrogens with two attached hydrogens (primary N) is 1. The van der Waals surface area contributed by atoms with Crippen molar-refractivity contribution in [2.75, 3.05) is 12.8 Å². The van der Waals surface area contributed by atoms with Gasteiger partial charge in [-0.15, -0.1) is 0 Å². The number of hydrogen-bond donors (Lipinski definition) is 2. The fourth-order valence-electron chi connectivity index (χ4n) is 2.13. The van der Waals surface area contributed by atoms with Crippen molar-refractivity contribution in [3.8, 4) is 0 Å². The second-order valence-corrected chi connectivity index (χ2v) is 6.63.